The maximum absolute atomic E-state index is 10.8. The van der Waals surface area contributed by atoms with E-state index < -0.39 is 5.97 Å². The third kappa shape index (κ3) is 4.26. The molecule has 3 heterocycles. The molecule has 0 radical (unpaired) electrons. The van der Waals surface area contributed by atoms with Crippen molar-refractivity contribution in [1.82, 2.24) is 15.0 Å². The molecule has 0 aliphatic heterocycles. The van der Waals surface area contributed by atoms with Gasteiger partial charge in [-0.1, -0.05) is 6.07 Å². The van der Waals surface area contributed by atoms with E-state index in [2.05, 4.69) is 25.6 Å². The van der Waals surface area contributed by atoms with Gasteiger partial charge < -0.3 is 15.7 Å². The molecule has 0 saturated heterocycles. The van der Waals surface area contributed by atoms with Crippen LogP contribution in [0.25, 0.3) is 11.3 Å². The van der Waals surface area contributed by atoms with E-state index in [9.17, 15) is 4.79 Å². The Morgan fingerprint density at radius 1 is 1.17 bits per heavy atom. The van der Waals surface area contributed by atoms with Crippen LogP contribution in [-0.2, 0) is 11.3 Å². The van der Waals surface area contributed by atoms with E-state index in [4.69, 9.17) is 5.11 Å². The minimum atomic E-state index is -0.971. The maximum Gasteiger partial charge on any atom is 0.322 e. The van der Waals surface area contributed by atoms with Crippen molar-refractivity contribution in [3.05, 3.63) is 53.0 Å². The lowest BCUT2D eigenvalue weighted by Gasteiger charge is -2.10. The maximum atomic E-state index is 10.8. The van der Waals surface area contributed by atoms with Gasteiger partial charge in [0.2, 0.25) is 5.95 Å². The molecule has 0 aromatic carbocycles. The van der Waals surface area contributed by atoms with Crippen molar-refractivity contribution >= 4 is 29.1 Å². The number of hydrogen-bond donors (Lipinski definition) is 3. The zero-order valence-electron chi connectivity index (χ0n) is 12.6. The summed E-state index contributed by atoms with van der Waals surface area (Å²) in [7, 11) is 0. The fourth-order valence-electron chi connectivity index (χ4n) is 2.03. The van der Waals surface area contributed by atoms with E-state index >= 15 is 0 Å². The predicted octanol–water partition coefficient (Wildman–Crippen LogP) is 2.71. The number of pyridine rings is 1. The number of thiophene rings is 1. The van der Waals surface area contributed by atoms with Crippen LogP contribution < -0.4 is 10.6 Å². The number of anilines is 2. The van der Waals surface area contributed by atoms with Crippen molar-refractivity contribution < 1.29 is 9.90 Å². The molecule has 3 rings (SSSR count). The van der Waals surface area contributed by atoms with Crippen molar-refractivity contribution in [2.45, 2.75) is 6.54 Å². The third-order valence-corrected chi connectivity index (χ3v) is 4.00. The van der Waals surface area contributed by atoms with E-state index in [0.29, 0.717) is 18.1 Å². The number of aromatic nitrogens is 3. The first kappa shape index (κ1) is 15.9. The highest BCUT2D eigenvalue weighted by atomic mass is 32.1. The van der Waals surface area contributed by atoms with Crippen LogP contribution in [0.2, 0.25) is 0 Å². The zero-order chi connectivity index (χ0) is 16.8. The fourth-order valence-corrected chi connectivity index (χ4v) is 2.68. The normalized spacial score (nSPS) is 10.3. The third-order valence-electron chi connectivity index (χ3n) is 3.12. The molecule has 3 N–H and O–H groups in total. The van der Waals surface area contributed by atoms with Gasteiger partial charge in [-0.15, -0.1) is 11.3 Å². The van der Waals surface area contributed by atoms with Gasteiger partial charge in [-0.2, -0.15) is 4.98 Å². The Balaban J connectivity index is 1.85. The molecular weight excluding hydrogens is 326 g/mol. The van der Waals surface area contributed by atoms with Gasteiger partial charge >= 0.3 is 5.97 Å². The van der Waals surface area contributed by atoms with Crippen molar-refractivity contribution in [2.24, 2.45) is 0 Å². The van der Waals surface area contributed by atoms with Crippen molar-refractivity contribution in [1.29, 1.82) is 0 Å². The van der Waals surface area contributed by atoms with Crippen LogP contribution >= 0.6 is 11.3 Å². The second-order valence-corrected chi connectivity index (χ2v) is 5.91. The first-order valence-corrected chi connectivity index (χ1v) is 8.10. The lowest BCUT2D eigenvalue weighted by molar-refractivity contribution is -0.134. The number of rotatable bonds is 7. The van der Waals surface area contributed by atoms with Crippen LogP contribution in [0.15, 0.2) is 48.1 Å². The Hall–Kier alpha value is -3.00. The average molecular weight is 341 g/mol. The molecule has 3 aromatic heterocycles. The molecule has 0 aliphatic rings. The lowest BCUT2D eigenvalue weighted by Crippen LogP contribution is -2.15. The zero-order valence-corrected chi connectivity index (χ0v) is 13.5. The van der Waals surface area contributed by atoms with Gasteiger partial charge in [-0.25, -0.2) is 4.98 Å². The average Bonchev–Trinajstić information content (AvgIpc) is 3.12. The van der Waals surface area contributed by atoms with Gasteiger partial charge in [-0.3, -0.25) is 9.78 Å². The largest absolute Gasteiger partial charge is 0.480 e. The molecule has 122 valence electrons. The molecule has 3 aromatic rings. The second-order valence-electron chi connectivity index (χ2n) is 4.88. The molecule has 0 unspecified atom stereocenters. The summed E-state index contributed by atoms with van der Waals surface area (Å²) < 4.78 is 0. The van der Waals surface area contributed by atoms with Crippen molar-refractivity contribution in [2.75, 3.05) is 17.2 Å². The minimum absolute atomic E-state index is 0.246. The molecule has 0 spiro atoms. The summed E-state index contributed by atoms with van der Waals surface area (Å²) in [5.41, 5.74) is 1.57. The highest BCUT2D eigenvalue weighted by Crippen LogP contribution is 2.21. The monoisotopic (exact) mass is 341 g/mol. The number of carboxylic acid groups (broad SMARTS) is 1. The van der Waals surface area contributed by atoms with E-state index in [-0.39, 0.29) is 12.5 Å². The predicted molar refractivity (Wildman–Crippen MR) is 93.0 cm³/mol. The first-order valence-electron chi connectivity index (χ1n) is 7.22. The number of nitrogens with zero attached hydrogens (tertiary/aromatic N) is 3. The molecular formula is C16H15N5O2S. The summed E-state index contributed by atoms with van der Waals surface area (Å²) in [6.07, 6.45) is 3.36. The van der Waals surface area contributed by atoms with Crippen LogP contribution in [0.1, 0.15) is 4.88 Å². The Kier molecular flexibility index (Phi) is 4.97. The van der Waals surface area contributed by atoms with Crippen molar-refractivity contribution in [3.8, 4) is 11.3 Å². The summed E-state index contributed by atoms with van der Waals surface area (Å²) in [5, 5.41) is 16.8. The molecule has 24 heavy (non-hydrogen) atoms. The number of hydrogen-bond acceptors (Lipinski definition) is 7. The Morgan fingerprint density at radius 3 is 2.71 bits per heavy atom. The van der Waals surface area contributed by atoms with Crippen LogP contribution in [-0.4, -0.2) is 32.6 Å². The van der Waals surface area contributed by atoms with E-state index in [0.717, 1.165) is 5.56 Å². The molecule has 0 amide bonds. The molecule has 0 saturated carbocycles. The lowest BCUT2D eigenvalue weighted by atomic mass is 10.2. The number of carbonyl (C=O) groups is 1. The number of carboxylic acids is 1. The van der Waals surface area contributed by atoms with Crippen LogP contribution in [0.4, 0.5) is 11.8 Å². The topological polar surface area (TPSA) is 100 Å². The highest BCUT2D eigenvalue weighted by Gasteiger charge is 2.08. The quantitative estimate of drug-likeness (QED) is 0.607. The van der Waals surface area contributed by atoms with Gasteiger partial charge in [0.1, 0.15) is 12.4 Å². The summed E-state index contributed by atoms with van der Waals surface area (Å²) in [5.74, 6) is -0.0838. The van der Waals surface area contributed by atoms with E-state index in [1.807, 2.05) is 35.7 Å². The fraction of sp³-hybridized carbons (Fsp3) is 0.125. The first-order chi connectivity index (χ1) is 11.7. The smallest absolute Gasteiger partial charge is 0.322 e. The molecule has 0 aliphatic carbocycles. The molecule has 0 atom stereocenters. The van der Waals surface area contributed by atoms with Gasteiger partial charge in [-0.05, 0) is 23.6 Å². The minimum Gasteiger partial charge on any atom is -0.480 e. The van der Waals surface area contributed by atoms with Crippen molar-refractivity contribution in [3.63, 3.8) is 0 Å². The molecule has 8 heteroatoms. The summed E-state index contributed by atoms with van der Waals surface area (Å²) in [6.45, 7) is 0.396. The number of aliphatic carboxylic acids is 1. The Bertz CT molecular complexity index is 809. The van der Waals surface area contributed by atoms with Gasteiger partial charge in [0.25, 0.3) is 0 Å². The number of nitrogens with one attached hydrogen (secondary N) is 2. The van der Waals surface area contributed by atoms with Gasteiger partial charge in [0.15, 0.2) is 0 Å². The Morgan fingerprint density at radius 2 is 2.00 bits per heavy atom. The SMILES string of the molecule is O=C(O)CNc1nc(NCc2cccs2)cc(-c2ccncc2)n1. The van der Waals surface area contributed by atoms with E-state index in [1.165, 1.54) is 4.88 Å². The van der Waals surface area contributed by atoms with Crippen LogP contribution in [0.5, 0.6) is 0 Å². The summed E-state index contributed by atoms with van der Waals surface area (Å²) in [4.78, 5) is 24.6. The molecule has 0 bridgehead atoms. The van der Waals surface area contributed by atoms with Gasteiger partial charge in [0.05, 0.1) is 12.2 Å². The Labute approximate surface area is 142 Å². The van der Waals surface area contributed by atoms with Gasteiger partial charge in [0, 0.05) is 28.9 Å². The highest BCUT2D eigenvalue weighted by molar-refractivity contribution is 7.09. The molecule has 7 nitrogen and oxygen atoms in total. The summed E-state index contributed by atoms with van der Waals surface area (Å²) >= 11 is 1.65. The second kappa shape index (κ2) is 7.51. The standard InChI is InChI=1S/C16H15N5O2S/c22-15(23)10-19-16-20-13(11-3-5-17-6-4-11)8-14(21-16)18-9-12-2-1-7-24-12/h1-8H,9-10H2,(H,22,23)(H2,18,19,20,21). The van der Waals surface area contributed by atoms with Crippen LogP contribution in [0, 0.1) is 0 Å². The molecule has 0 fully saturated rings. The van der Waals surface area contributed by atoms with Crippen LogP contribution in [0.3, 0.4) is 0 Å². The van der Waals surface area contributed by atoms with E-state index in [1.54, 1.807) is 23.7 Å². The summed E-state index contributed by atoms with van der Waals surface area (Å²) in [6, 6.07) is 9.53.